The van der Waals surface area contributed by atoms with Crippen LogP contribution in [-0.2, 0) is 6.18 Å². The minimum absolute atomic E-state index is 0.0758. The normalized spacial score (nSPS) is 20.2. The van der Waals surface area contributed by atoms with Gasteiger partial charge in [0.2, 0.25) is 0 Å². The number of halogens is 3. The molecule has 0 aromatic heterocycles. The van der Waals surface area contributed by atoms with Crippen molar-refractivity contribution in [2.45, 2.75) is 25.4 Å². The molecule has 1 unspecified atom stereocenters. The Morgan fingerprint density at radius 2 is 2.10 bits per heavy atom. The second-order valence-corrected chi connectivity index (χ2v) is 5.24. The highest BCUT2D eigenvalue weighted by molar-refractivity contribution is 5.61. The Hall–Kier alpha value is -1.43. The first-order valence-electron chi connectivity index (χ1n) is 6.74. The molecular weight excluding hydrogens is 269 g/mol. The Morgan fingerprint density at radius 3 is 2.75 bits per heavy atom. The number of piperidine rings is 1. The van der Waals surface area contributed by atoms with E-state index in [1.165, 1.54) is 12.1 Å². The molecule has 3 nitrogen and oxygen atoms in total. The second kappa shape index (κ2) is 5.91. The van der Waals surface area contributed by atoms with Crippen LogP contribution in [0.3, 0.4) is 0 Å². The highest BCUT2D eigenvalue weighted by Crippen LogP contribution is 2.39. The van der Waals surface area contributed by atoms with Crippen LogP contribution in [-0.4, -0.2) is 24.8 Å². The fraction of sp³-hybridized carbons (Fsp3) is 0.571. The Bertz CT molecular complexity index is 460. The van der Waals surface area contributed by atoms with Crippen molar-refractivity contribution in [2.75, 3.05) is 30.3 Å². The SMILES string of the molecule is Nc1ccc(N2CCCC(CCO)C2)c(C(F)(F)F)c1. The molecule has 20 heavy (non-hydrogen) atoms. The molecule has 1 aromatic rings. The Kier molecular flexibility index (Phi) is 4.42. The fourth-order valence-electron chi connectivity index (χ4n) is 2.76. The van der Waals surface area contributed by atoms with Crippen molar-refractivity contribution < 1.29 is 18.3 Å². The lowest BCUT2D eigenvalue weighted by molar-refractivity contribution is -0.137. The summed E-state index contributed by atoms with van der Waals surface area (Å²) < 4.78 is 39.3. The number of aliphatic hydroxyl groups excluding tert-OH is 1. The first kappa shape index (κ1) is 15.0. The van der Waals surface area contributed by atoms with Gasteiger partial charge in [0.25, 0.3) is 0 Å². The Labute approximate surface area is 116 Å². The summed E-state index contributed by atoms with van der Waals surface area (Å²) in [5.41, 5.74) is 5.10. The van der Waals surface area contributed by atoms with E-state index >= 15 is 0 Å². The number of nitrogens with two attached hydrogens (primary N) is 1. The summed E-state index contributed by atoms with van der Waals surface area (Å²) in [5.74, 6) is 0.243. The lowest BCUT2D eigenvalue weighted by Crippen LogP contribution is -2.37. The van der Waals surface area contributed by atoms with Gasteiger partial charge < -0.3 is 15.7 Å². The molecule has 2 rings (SSSR count). The van der Waals surface area contributed by atoms with Crippen LogP contribution in [0.25, 0.3) is 0 Å². The first-order valence-corrected chi connectivity index (χ1v) is 6.74. The van der Waals surface area contributed by atoms with Gasteiger partial charge in [-0.2, -0.15) is 13.2 Å². The largest absolute Gasteiger partial charge is 0.418 e. The van der Waals surface area contributed by atoms with Crippen molar-refractivity contribution in [3.8, 4) is 0 Å². The quantitative estimate of drug-likeness (QED) is 0.841. The second-order valence-electron chi connectivity index (χ2n) is 5.24. The van der Waals surface area contributed by atoms with E-state index in [1.54, 1.807) is 4.90 Å². The summed E-state index contributed by atoms with van der Waals surface area (Å²) in [6.07, 6.45) is -1.98. The van der Waals surface area contributed by atoms with Crippen LogP contribution in [0, 0.1) is 5.92 Å². The van der Waals surface area contributed by atoms with Gasteiger partial charge in [-0.05, 0) is 43.4 Å². The van der Waals surface area contributed by atoms with Crippen LogP contribution in [0.15, 0.2) is 18.2 Å². The van der Waals surface area contributed by atoms with Gasteiger partial charge in [-0.3, -0.25) is 0 Å². The van der Waals surface area contributed by atoms with Crippen molar-refractivity contribution in [1.29, 1.82) is 0 Å². The third-order valence-corrected chi connectivity index (χ3v) is 3.72. The van der Waals surface area contributed by atoms with E-state index in [0.717, 1.165) is 18.9 Å². The minimum Gasteiger partial charge on any atom is -0.399 e. The summed E-state index contributed by atoms with van der Waals surface area (Å²) >= 11 is 0. The van der Waals surface area contributed by atoms with Gasteiger partial charge in [0.1, 0.15) is 0 Å². The van der Waals surface area contributed by atoms with Gasteiger partial charge in [0.05, 0.1) is 5.56 Å². The molecule has 0 bridgehead atoms. The molecule has 1 aliphatic rings. The fourth-order valence-corrected chi connectivity index (χ4v) is 2.76. The zero-order chi connectivity index (χ0) is 14.8. The maximum Gasteiger partial charge on any atom is 0.418 e. The zero-order valence-corrected chi connectivity index (χ0v) is 11.2. The molecule has 1 heterocycles. The third kappa shape index (κ3) is 3.36. The number of hydrogen-bond acceptors (Lipinski definition) is 3. The monoisotopic (exact) mass is 288 g/mol. The van der Waals surface area contributed by atoms with Gasteiger partial charge in [0.15, 0.2) is 0 Å². The van der Waals surface area contributed by atoms with Gasteiger partial charge >= 0.3 is 6.18 Å². The van der Waals surface area contributed by atoms with Gasteiger partial charge in [-0.25, -0.2) is 0 Å². The molecule has 1 aliphatic heterocycles. The predicted octanol–water partition coefficient (Wildman–Crippen LogP) is 2.89. The molecule has 1 fully saturated rings. The van der Waals surface area contributed by atoms with Crippen LogP contribution in [0.1, 0.15) is 24.8 Å². The van der Waals surface area contributed by atoms with Crippen LogP contribution < -0.4 is 10.6 Å². The topological polar surface area (TPSA) is 49.5 Å². The van der Waals surface area contributed by atoms with Crippen molar-refractivity contribution in [2.24, 2.45) is 5.92 Å². The molecule has 112 valence electrons. The minimum atomic E-state index is -4.41. The lowest BCUT2D eigenvalue weighted by atomic mass is 9.94. The summed E-state index contributed by atoms with van der Waals surface area (Å²) in [4.78, 5) is 1.76. The van der Waals surface area contributed by atoms with Gasteiger partial charge in [-0.15, -0.1) is 0 Å². The average molecular weight is 288 g/mol. The Balaban J connectivity index is 2.27. The maximum absolute atomic E-state index is 13.1. The first-order chi connectivity index (χ1) is 9.41. The van der Waals surface area contributed by atoms with E-state index in [-0.39, 0.29) is 23.9 Å². The third-order valence-electron chi connectivity index (χ3n) is 3.72. The van der Waals surface area contributed by atoms with Gasteiger partial charge in [-0.1, -0.05) is 0 Å². The number of alkyl halides is 3. The van der Waals surface area contributed by atoms with Gasteiger partial charge in [0, 0.05) is 31.1 Å². The van der Waals surface area contributed by atoms with Crippen molar-refractivity contribution in [1.82, 2.24) is 0 Å². The highest BCUT2D eigenvalue weighted by atomic mass is 19.4. The Morgan fingerprint density at radius 1 is 1.35 bits per heavy atom. The standard InChI is InChI=1S/C14H19F3N2O/c15-14(16,17)12-8-11(18)3-4-13(12)19-6-1-2-10(9-19)5-7-20/h3-4,8,10,20H,1-2,5-7,9,18H2. The average Bonchev–Trinajstić information content (AvgIpc) is 2.38. The molecule has 1 saturated heterocycles. The molecule has 0 spiro atoms. The molecule has 1 aromatic carbocycles. The molecule has 1 atom stereocenters. The van der Waals surface area contributed by atoms with E-state index in [2.05, 4.69) is 0 Å². The number of rotatable bonds is 3. The number of benzene rings is 1. The number of nitrogen functional groups attached to an aromatic ring is 1. The predicted molar refractivity (Wildman–Crippen MR) is 72.5 cm³/mol. The smallest absolute Gasteiger partial charge is 0.399 e. The van der Waals surface area contributed by atoms with Crippen molar-refractivity contribution in [3.63, 3.8) is 0 Å². The molecule has 6 heteroatoms. The summed E-state index contributed by atoms with van der Waals surface area (Å²) in [6, 6.07) is 3.94. The van der Waals surface area contributed by atoms with E-state index in [0.29, 0.717) is 19.5 Å². The van der Waals surface area contributed by atoms with Crippen LogP contribution in [0.2, 0.25) is 0 Å². The van der Waals surface area contributed by atoms with Crippen molar-refractivity contribution >= 4 is 11.4 Å². The number of aliphatic hydroxyl groups is 1. The van der Waals surface area contributed by atoms with Crippen LogP contribution >= 0.6 is 0 Å². The molecule has 0 amide bonds. The molecule has 0 saturated carbocycles. The summed E-state index contributed by atoms with van der Waals surface area (Å²) in [6.45, 7) is 1.23. The molecule has 3 N–H and O–H groups in total. The van der Waals surface area contributed by atoms with E-state index in [1.807, 2.05) is 0 Å². The highest BCUT2D eigenvalue weighted by Gasteiger charge is 2.36. The maximum atomic E-state index is 13.1. The number of nitrogens with zero attached hydrogens (tertiary/aromatic N) is 1. The van der Waals surface area contributed by atoms with E-state index < -0.39 is 11.7 Å². The molecule has 0 aliphatic carbocycles. The van der Waals surface area contributed by atoms with E-state index in [9.17, 15) is 13.2 Å². The zero-order valence-electron chi connectivity index (χ0n) is 11.2. The molecular formula is C14H19F3N2O. The number of anilines is 2. The summed E-state index contributed by atoms with van der Waals surface area (Å²) in [7, 11) is 0. The van der Waals surface area contributed by atoms with Crippen molar-refractivity contribution in [3.05, 3.63) is 23.8 Å². The molecule has 0 radical (unpaired) electrons. The summed E-state index contributed by atoms with van der Waals surface area (Å²) in [5, 5.41) is 8.98. The number of hydrogen-bond donors (Lipinski definition) is 2. The van der Waals surface area contributed by atoms with Crippen LogP contribution in [0.4, 0.5) is 24.5 Å². The van der Waals surface area contributed by atoms with E-state index in [4.69, 9.17) is 10.8 Å². The lowest BCUT2D eigenvalue weighted by Gasteiger charge is -2.35. The van der Waals surface area contributed by atoms with Crippen LogP contribution in [0.5, 0.6) is 0 Å².